The second-order valence-corrected chi connectivity index (χ2v) is 3.93. The summed E-state index contributed by atoms with van der Waals surface area (Å²) >= 11 is 0. The van der Waals surface area contributed by atoms with Crippen LogP contribution in [0.15, 0.2) is 24.3 Å². The fraction of sp³-hybridized carbons (Fsp3) is 0.417. The van der Waals surface area contributed by atoms with E-state index in [0.717, 1.165) is 25.3 Å². The van der Waals surface area contributed by atoms with Gasteiger partial charge in [0.05, 0.1) is 13.2 Å². The molecule has 1 heterocycles. The zero-order valence-electron chi connectivity index (χ0n) is 10.4. The molecule has 0 amide bonds. The van der Waals surface area contributed by atoms with Crippen LogP contribution in [0.1, 0.15) is 24.7 Å². The summed E-state index contributed by atoms with van der Waals surface area (Å²) < 4.78 is 5.58. The molecule has 0 aliphatic heterocycles. The number of aromatic nitrogens is 4. The number of nitrogens with one attached hydrogen (secondary N) is 2. The van der Waals surface area contributed by atoms with Crippen molar-refractivity contribution in [1.82, 2.24) is 25.9 Å². The van der Waals surface area contributed by atoms with Crippen molar-refractivity contribution in [3.8, 4) is 5.75 Å². The Morgan fingerprint density at radius 3 is 3.06 bits per heavy atom. The van der Waals surface area contributed by atoms with Crippen LogP contribution < -0.4 is 10.1 Å². The van der Waals surface area contributed by atoms with Gasteiger partial charge in [-0.1, -0.05) is 24.3 Å². The lowest BCUT2D eigenvalue weighted by Gasteiger charge is -2.07. The van der Waals surface area contributed by atoms with Gasteiger partial charge in [0.25, 0.3) is 0 Å². The molecule has 0 saturated carbocycles. The number of hydrogen-bond donors (Lipinski definition) is 2. The normalized spacial score (nSPS) is 10.5. The van der Waals surface area contributed by atoms with Crippen LogP contribution in [-0.4, -0.2) is 27.2 Å². The van der Waals surface area contributed by atoms with Gasteiger partial charge in [-0.2, -0.15) is 5.21 Å². The average Bonchev–Trinajstić information content (AvgIpc) is 2.90. The predicted molar refractivity (Wildman–Crippen MR) is 66.9 cm³/mol. The van der Waals surface area contributed by atoms with E-state index in [1.165, 1.54) is 5.56 Å². The van der Waals surface area contributed by atoms with E-state index in [-0.39, 0.29) is 0 Å². The molecule has 0 fully saturated rings. The topological polar surface area (TPSA) is 75.7 Å². The molecule has 0 aliphatic rings. The van der Waals surface area contributed by atoms with Gasteiger partial charge in [0, 0.05) is 6.54 Å². The van der Waals surface area contributed by atoms with Crippen LogP contribution in [0.4, 0.5) is 0 Å². The molecule has 2 rings (SSSR count). The summed E-state index contributed by atoms with van der Waals surface area (Å²) in [4.78, 5) is 0. The van der Waals surface area contributed by atoms with Crippen molar-refractivity contribution in [2.24, 2.45) is 0 Å². The minimum absolute atomic E-state index is 0.594. The first-order valence-corrected chi connectivity index (χ1v) is 6.03. The van der Waals surface area contributed by atoms with Crippen LogP contribution in [0.25, 0.3) is 0 Å². The molecule has 6 nitrogen and oxygen atoms in total. The van der Waals surface area contributed by atoms with Gasteiger partial charge in [-0.15, -0.1) is 10.2 Å². The minimum Gasteiger partial charge on any atom is -0.494 e. The molecule has 6 heteroatoms. The van der Waals surface area contributed by atoms with E-state index >= 15 is 0 Å². The lowest BCUT2D eigenvalue weighted by atomic mass is 10.2. The third-order valence-electron chi connectivity index (χ3n) is 2.37. The van der Waals surface area contributed by atoms with Gasteiger partial charge in [-0.25, -0.2) is 0 Å². The smallest absolute Gasteiger partial charge is 0.188 e. The molecule has 0 radical (unpaired) electrons. The summed E-state index contributed by atoms with van der Waals surface area (Å²) in [5.41, 5.74) is 1.17. The van der Waals surface area contributed by atoms with Crippen molar-refractivity contribution in [3.63, 3.8) is 0 Å². The molecule has 0 unspecified atom stereocenters. The lowest BCUT2D eigenvalue weighted by Crippen LogP contribution is -2.13. The fourth-order valence-electron chi connectivity index (χ4n) is 1.54. The zero-order valence-corrected chi connectivity index (χ0v) is 10.4. The van der Waals surface area contributed by atoms with Crippen LogP contribution in [0, 0.1) is 0 Å². The second kappa shape index (κ2) is 6.70. The largest absolute Gasteiger partial charge is 0.494 e. The molecule has 2 N–H and O–H groups in total. The van der Waals surface area contributed by atoms with Gasteiger partial charge in [-0.05, 0) is 24.1 Å². The fourth-order valence-corrected chi connectivity index (χ4v) is 1.54. The molecular formula is C12H17N5O. The number of benzene rings is 1. The summed E-state index contributed by atoms with van der Waals surface area (Å²) in [5, 5.41) is 16.9. The number of rotatable bonds is 7. The summed E-state index contributed by atoms with van der Waals surface area (Å²) in [6.07, 6.45) is 1.01. The summed E-state index contributed by atoms with van der Waals surface area (Å²) in [6.45, 7) is 4.18. The number of ether oxygens (including phenoxy) is 1. The molecular weight excluding hydrogens is 230 g/mol. The van der Waals surface area contributed by atoms with Crippen LogP contribution >= 0.6 is 0 Å². The third kappa shape index (κ3) is 3.81. The van der Waals surface area contributed by atoms with Gasteiger partial charge in [0.1, 0.15) is 5.75 Å². The number of H-pyrrole nitrogens is 1. The Morgan fingerprint density at radius 1 is 1.33 bits per heavy atom. The monoisotopic (exact) mass is 247 g/mol. The minimum atomic E-state index is 0.594. The van der Waals surface area contributed by atoms with E-state index in [0.29, 0.717) is 12.4 Å². The first-order chi connectivity index (χ1) is 8.88. The van der Waals surface area contributed by atoms with E-state index in [2.05, 4.69) is 38.9 Å². The highest BCUT2D eigenvalue weighted by atomic mass is 16.5. The second-order valence-electron chi connectivity index (χ2n) is 3.93. The van der Waals surface area contributed by atoms with E-state index in [9.17, 15) is 0 Å². The predicted octanol–water partition coefficient (Wildman–Crippen LogP) is 1.28. The van der Waals surface area contributed by atoms with Crippen LogP contribution in [0.3, 0.4) is 0 Å². The van der Waals surface area contributed by atoms with Crippen molar-refractivity contribution in [2.45, 2.75) is 26.4 Å². The van der Waals surface area contributed by atoms with E-state index < -0.39 is 0 Å². The quantitative estimate of drug-likeness (QED) is 0.770. The molecule has 0 spiro atoms. The highest BCUT2D eigenvalue weighted by Crippen LogP contribution is 2.13. The number of aromatic amines is 1. The number of hydrogen-bond acceptors (Lipinski definition) is 5. The maximum atomic E-state index is 5.58. The Bertz CT molecular complexity index is 457. The Labute approximate surface area is 106 Å². The average molecular weight is 247 g/mol. The highest BCUT2D eigenvalue weighted by Gasteiger charge is 1.99. The van der Waals surface area contributed by atoms with Gasteiger partial charge >= 0.3 is 0 Å². The Balaban J connectivity index is 1.81. The molecule has 1 aromatic carbocycles. The molecule has 0 aliphatic carbocycles. The molecule has 18 heavy (non-hydrogen) atoms. The molecule has 0 saturated heterocycles. The first kappa shape index (κ1) is 12.5. The van der Waals surface area contributed by atoms with Gasteiger partial charge in [0.15, 0.2) is 5.82 Å². The van der Waals surface area contributed by atoms with Crippen LogP contribution in [0.2, 0.25) is 0 Å². The number of tetrazole rings is 1. The van der Waals surface area contributed by atoms with Crippen molar-refractivity contribution in [1.29, 1.82) is 0 Å². The SMILES string of the molecule is CCCOc1cccc(CNCc2nn[nH]n2)c1. The molecule has 2 aromatic rings. The first-order valence-electron chi connectivity index (χ1n) is 6.03. The Hall–Kier alpha value is -1.95. The maximum absolute atomic E-state index is 5.58. The van der Waals surface area contributed by atoms with E-state index in [1.807, 2.05) is 18.2 Å². The van der Waals surface area contributed by atoms with Crippen LogP contribution in [0.5, 0.6) is 5.75 Å². The zero-order chi connectivity index (χ0) is 12.6. The molecule has 1 aromatic heterocycles. The third-order valence-corrected chi connectivity index (χ3v) is 2.37. The Morgan fingerprint density at radius 2 is 2.28 bits per heavy atom. The van der Waals surface area contributed by atoms with Crippen LogP contribution in [-0.2, 0) is 13.1 Å². The molecule has 0 bridgehead atoms. The van der Waals surface area contributed by atoms with Gasteiger partial charge in [0.2, 0.25) is 0 Å². The summed E-state index contributed by atoms with van der Waals surface area (Å²) in [5.74, 6) is 1.57. The standard InChI is InChI=1S/C12H17N5O/c1-2-6-18-11-5-3-4-10(7-11)8-13-9-12-14-16-17-15-12/h3-5,7,13H,2,6,8-9H2,1H3,(H,14,15,16,17). The van der Waals surface area contributed by atoms with Crippen molar-refractivity contribution in [2.75, 3.05) is 6.61 Å². The van der Waals surface area contributed by atoms with Crippen molar-refractivity contribution in [3.05, 3.63) is 35.7 Å². The van der Waals surface area contributed by atoms with Crippen molar-refractivity contribution >= 4 is 0 Å². The van der Waals surface area contributed by atoms with Crippen molar-refractivity contribution < 1.29 is 4.74 Å². The van der Waals surface area contributed by atoms with E-state index in [4.69, 9.17) is 4.74 Å². The lowest BCUT2D eigenvalue weighted by molar-refractivity contribution is 0.317. The van der Waals surface area contributed by atoms with E-state index in [1.54, 1.807) is 0 Å². The molecule has 96 valence electrons. The highest BCUT2D eigenvalue weighted by molar-refractivity contribution is 5.28. The van der Waals surface area contributed by atoms with Gasteiger partial charge in [-0.3, -0.25) is 0 Å². The van der Waals surface area contributed by atoms with Gasteiger partial charge < -0.3 is 10.1 Å². The summed E-state index contributed by atoms with van der Waals surface area (Å²) in [7, 11) is 0. The molecule has 0 atom stereocenters. The number of nitrogens with zero attached hydrogens (tertiary/aromatic N) is 3. The maximum Gasteiger partial charge on any atom is 0.188 e. The Kier molecular flexibility index (Phi) is 4.66. The summed E-state index contributed by atoms with van der Waals surface area (Å²) in [6, 6.07) is 8.07.